The highest BCUT2D eigenvalue weighted by molar-refractivity contribution is 7.15. The van der Waals surface area contributed by atoms with Gasteiger partial charge >= 0.3 is 0 Å². The molecule has 2 rings (SSSR count). The maximum atomic E-state index is 13.0. The molecule has 0 radical (unpaired) electrons. The van der Waals surface area contributed by atoms with Crippen molar-refractivity contribution in [2.24, 2.45) is 0 Å². The summed E-state index contributed by atoms with van der Waals surface area (Å²) in [4.78, 5) is 14.2. The monoisotopic (exact) mass is 287 g/mol. The van der Waals surface area contributed by atoms with Gasteiger partial charge in [-0.1, -0.05) is 11.6 Å². The van der Waals surface area contributed by atoms with E-state index >= 15 is 0 Å². The van der Waals surface area contributed by atoms with Gasteiger partial charge in [0.05, 0.1) is 17.7 Å². The molecule has 1 aromatic carbocycles. The number of nitrogens with one attached hydrogen (secondary N) is 1. The molecule has 0 bridgehead atoms. The summed E-state index contributed by atoms with van der Waals surface area (Å²) >= 11 is 6.96. The topological polar surface area (TPSA) is 68.1 Å². The zero-order valence-corrected chi connectivity index (χ0v) is 10.5. The average molecular weight is 288 g/mol. The Kier molecular flexibility index (Phi) is 3.73. The third-order valence-corrected chi connectivity index (χ3v) is 3.23. The quantitative estimate of drug-likeness (QED) is 0.691. The van der Waals surface area contributed by atoms with Gasteiger partial charge in [-0.05, 0) is 6.07 Å². The Morgan fingerprint density at radius 3 is 2.94 bits per heavy atom. The van der Waals surface area contributed by atoms with Crippen molar-refractivity contribution in [3.05, 3.63) is 49.7 Å². The molecule has 0 amide bonds. The Hall–Kier alpha value is -1.73. The molecule has 18 heavy (non-hydrogen) atoms. The predicted molar refractivity (Wildman–Crippen MR) is 67.5 cm³/mol. The fourth-order valence-corrected chi connectivity index (χ4v) is 2.25. The van der Waals surface area contributed by atoms with Crippen molar-refractivity contribution in [2.75, 3.05) is 5.32 Å². The number of thiazole rings is 1. The minimum Gasteiger partial charge on any atom is -0.373 e. The van der Waals surface area contributed by atoms with Crippen LogP contribution in [0.3, 0.4) is 0 Å². The van der Waals surface area contributed by atoms with E-state index in [-0.39, 0.29) is 17.9 Å². The smallest absolute Gasteiger partial charge is 0.292 e. The second-order valence-electron chi connectivity index (χ2n) is 3.33. The fourth-order valence-electron chi connectivity index (χ4n) is 1.35. The van der Waals surface area contributed by atoms with E-state index in [0.717, 1.165) is 18.2 Å². The van der Waals surface area contributed by atoms with Crippen LogP contribution in [0.4, 0.5) is 15.8 Å². The van der Waals surface area contributed by atoms with Gasteiger partial charge in [-0.2, -0.15) is 0 Å². The van der Waals surface area contributed by atoms with Crippen molar-refractivity contribution in [3.8, 4) is 0 Å². The summed E-state index contributed by atoms with van der Waals surface area (Å²) in [6, 6.07) is 3.24. The zero-order valence-electron chi connectivity index (χ0n) is 8.89. The fraction of sp³-hybridized carbons (Fsp3) is 0.100. The van der Waals surface area contributed by atoms with Crippen LogP contribution in [0.1, 0.15) is 5.01 Å². The molecule has 5 nitrogen and oxygen atoms in total. The molecule has 0 spiro atoms. The number of nitrogens with zero attached hydrogens (tertiary/aromatic N) is 2. The van der Waals surface area contributed by atoms with E-state index in [9.17, 15) is 14.5 Å². The lowest BCUT2D eigenvalue weighted by molar-refractivity contribution is -0.384. The highest BCUT2D eigenvalue weighted by Gasteiger charge is 2.14. The molecule has 0 aliphatic carbocycles. The van der Waals surface area contributed by atoms with Crippen LogP contribution in [0.25, 0.3) is 0 Å². The first-order valence-corrected chi connectivity index (χ1v) is 6.04. The van der Waals surface area contributed by atoms with E-state index in [1.54, 1.807) is 0 Å². The molecule has 0 fully saturated rings. The maximum Gasteiger partial charge on any atom is 0.292 e. The van der Waals surface area contributed by atoms with Gasteiger partial charge in [-0.25, -0.2) is 9.37 Å². The largest absolute Gasteiger partial charge is 0.373 e. The molecule has 1 aromatic heterocycles. The summed E-state index contributed by atoms with van der Waals surface area (Å²) in [5.41, 5.74) is -0.0645. The molecule has 94 valence electrons. The van der Waals surface area contributed by atoms with Crippen LogP contribution in [0.5, 0.6) is 0 Å². The van der Waals surface area contributed by atoms with Gasteiger partial charge in [0.15, 0.2) is 0 Å². The lowest BCUT2D eigenvalue weighted by atomic mass is 10.2. The standard InChI is InChI=1S/C10H7ClFN3O2S/c11-9-4-14-10(18-9)5-13-7-3-6(12)1-2-8(7)15(16)17/h1-4,13H,5H2. The number of benzene rings is 1. The summed E-state index contributed by atoms with van der Waals surface area (Å²) in [6.07, 6.45) is 1.49. The van der Waals surface area contributed by atoms with Crippen LogP contribution in [-0.4, -0.2) is 9.91 Å². The van der Waals surface area contributed by atoms with Crippen molar-refractivity contribution in [2.45, 2.75) is 6.54 Å². The summed E-state index contributed by atoms with van der Waals surface area (Å²) in [5, 5.41) is 14.2. The molecule has 0 saturated carbocycles. The van der Waals surface area contributed by atoms with Gasteiger partial charge in [-0.3, -0.25) is 10.1 Å². The predicted octanol–water partition coefficient (Wildman–Crippen LogP) is 3.46. The molecule has 2 aromatic rings. The van der Waals surface area contributed by atoms with Crippen molar-refractivity contribution in [1.29, 1.82) is 0 Å². The lowest BCUT2D eigenvalue weighted by Gasteiger charge is -2.05. The van der Waals surface area contributed by atoms with Crippen molar-refractivity contribution >= 4 is 34.3 Å². The number of rotatable bonds is 4. The van der Waals surface area contributed by atoms with Gasteiger partial charge < -0.3 is 5.32 Å². The van der Waals surface area contributed by atoms with E-state index in [1.165, 1.54) is 17.5 Å². The van der Waals surface area contributed by atoms with Crippen LogP contribution in [0.2, 0.25) is 4.34 Å². The van der Waals surface area contributed by atoms with Crippen LogP contribution in [-0.2, 0) is 6.54 Å². The Morgan fingerprint density at radius 1 is 1.56 bits per heavy atom. The minimum atomic E-state index is -0.573. The maximum absolute atomic E-state index is 13.0. The summed E-state index contributed by atoms with van der Waals surface area (Å²) in [6.45, 7) is 0.252. The molecular weight excluding hydrogens is 281 g/mol. The van der Waals surface area contributed by atoms with E-state index in [4.69, 9.17) is 11.6 Å². The molecule has 0 saturated heterocycles. The van der Waals surface area contributed by atoms with E-state index in [0.29, 0.717) is 9.34 Å². The number of hydrogen-bond donors (Lipinski definition) is 1. The van der Waals surface area contributed by atoms with Gasteiger partial charge in [-0.15, -0.1) is 11.3 Å². The average Bonchev–Trinajstić information content (AvgIpc) is 2.72. The second-order valence-corrected chi connectivity index (χ2v) is 5.08. The van der Waals surface area contributed by atoms with Gasteiger partial charge in [0.2, 0.25) is 0 Å². The molecule has 0 aliphatic heterocycles. The first-order valence-electron chi connectivity index (χ1n) is 4.84. The third kappa shape index (κ3) is 2.93. The third-order valence-electron chi connectivity index (χ3n) is 2.11. The van der Waals surface area contributed by atoms with Crippen LogP contribution >= 0.6 is 22.9 Å². The summed E-state index contributed by atoms with van der Waals surface area (Å²) < 4.78 is 13.6. The SMILES string of the molecule is O=[N+]([O-])c1ccc(F)cc1NCc1ncc(Cl)s1. The number of nitro groups is 1. The van der Waals surface area contributed by atoms with Crippen LogP contribution in [0.15, 0.2) is 24.4 Å². The van der Waals surface area contributed by atoms with E-state index < -0.39 is 10.7 Å². The summed E-state index contributed by atoms with van der Waals surface area (Å²) in [7, 11) is 0. The Morgan fingerprint density at radius 2 is 2.33 bits per heavy atom. The van der Waals surface area contributed by atoms with Crippen molar-refractivity contribution < 1.29 is 9.31 Å². The number of hydrogen-bond acceptors (Lipinski definition) is 5. The first kappa shape index (κ1) is 12.7. The van der Waals surface area contributed by atoms with Crippen molar-refractivity contribution in [3.63, 3.8) is 0 Å². The highest BCUT2D eigenvalue weighted by atomic mass is 35.5. The lowest BCUT2D eigenvalue weighted by Crippen LogP contribution is -2.02. The molecule has 1 heterocycles. The van der Waals surface area contributed by atoms with Gasteiger partial charge in [0, 0.05) is 12.1 Å². The highest BCUT2D eigenvalue weighted by Crippen LogP contribution is 2.26. The van der Waals surface area contributed by atoms with Crippen LogP contribution in [0, 0.1) is 15.9 Å². The van der Waals surface area contributed by atoms with Crippen molar-refractivity contribution in [1.82, 2.24) is 4.98 Å². The first-order chi connectivity index (χ1) is 8.56. The molecule has 8 heteroatoms. The molecule has 0 aliphatic rings. The normalized spacial score (nSPS) is 10.3. The Labute approximate surface area is 110 Å². The minimum absolute atomic E-state index is 0.117. The second kappa shape index (κ2) is 5.28. The Balaban J connectivity index is 2.17. The zero-order chi connectivity index (χ0) is 13.1. The van der Waals surface area contributed by atoms with E-state index in [1.807, 2.05) is 0 Å². The molecular formula is C10H7ClFN3O2S. The number of halogens is 2. The number of anilines is 1. The molecule has 0 atom stereocenters. The molecule has 1 N–H and O–H groups in total. The number of nitro benzene ring substituents is 1. The summed E-state index contributed by atoms with van der Waals surface area (Å²) in [5.74, 6) is -0.541. The van der Waals surface area contributed by atoms with Gasteiger partial charge in [0.1, 0.15) is 20.8 Å². The molecule has 0 unspecified atom stereocenters. The van der Waals surface area contributed by atoms with Gasteiger partial charge in [0.25, 0.3) is 5.69 Å². The number of aromatic nitrogens is 1. The Bertz CT molecular complexity index is 590. The van der Waals surface area contributed by atoms with E-state index in [2.05, 4.69) is 10.3 Å². The van der Waals surface area contributed by atoms with Crippen LogP contribution < -0.4 is 5.32 Å².